The molecule has 1 unspecified atom stereocenters. The van der Waals surface area contributed by atoms with Crippen molar-refractivity contribution in [2.24, 2.45) is 0 Å². The Labute approximate surface area is 149 Å². The normalized spacial score (nSPS) is 17.2. The fourth-order valence-corrected chi connectivity index (χ4v) is 3.40. The van der Waals surface area contributed by atoms with Crippen molar-refractivity contribution < 1.29 is 17.9 Å². The molecular weight excluding hydrogens is 338 g/mol. The quantitative estimate of drug-likeness (QED) is 0.799. The van der Waals surface area contributed by atoms with Crippen LogP contribution in [0.5, 0.6) is 5.75 Å². The zero-order valence-corrected chi connectivity index (χ0v) is 15.5. The van der Waals surface area contributed by atoms with Crippen LogP contribution in [0.1, 0.15) is 26.3 Å². The van der Waals surface area contributed by atoms with Crippen LogP contribution in [-0.4, -0.2) is 27.7 Å². The summed E-state index contributed by atoms with van der Waals surface area (Å²) in [7, 11) is -3.64. The third-order valence-electron chi connectivity index (χ3n) is 3.96. The topological polar surface area (TPSA) is 67.9 Å². The maximum absolute atomic E-state index is 12.6. The van der Waals surface area contributed by atoms with Crippen molar-refractivity contribution in [3.8, 4) is 5.75 Å². The van der Waals surface area contributed by atoms with E-state index in [-0.39, 0.29) is 16.4 Å². The van der Waals surface area contributed by atoms with Gasteiger partial charge < -0.3 is 9.47 Å². The standard InChI is InChI=1S/C19H23NO4S/c1-19(2,3)14-7-9-18(10-8-14)25(21,22)20-15-5-4-6-16(11-15)23-12-17-13-24-17/h4-11,17,20H,12-13H2,1-3H3. The highest BCUT2D eigenvalue weighted by molar-refractivity contribution is 7.92. The molecule has 0 spiro atoms. The zero-order chi connectivity index (χ0) is 18.1. The second kappa shape index (κ2) is 6.69. The number of sulfonamides is 1. The zero-order valence-electron chi connectivity index (χ0n) is 14.7. The molecule has 1 heterocycles. The molecule has 0 saturated carbocycles. The summed E-state index contributed by atoms with van der Waals surface area (Å²) >= 11 is 0. The van der Waals surface area contributed by atoms with E-state index in [1.54, 1.807) is 36.4 Å². The molecule has 1 saturated heterocycles. The van der Waals surface area contributed by atoms with Crippen molar-refractivity contribution >= 4 is 15.7 Å². The summed E-state index contributed by atoms with van der Waals surface area (Å²) in [5.74, 6) is 0.610. The molecule has 1 fully saturated rings. The molecule has 2 aromatic carbocycles. The summed E-state index contributed by atoms with van der Waals surface area (Å²) in [5.41, 5.74) is 1.53. The molecule has 3 rings (SSSR count). The third-order valence-corrected chi connectivity index (χ3v) is 5.35. The number of nitrogens with one attached hydrogen (secondary N) is 1. The van der Waals surface area contributed by atoms with Crippen molar-refractivity contribution in [2.75, 3.05) is 17.9 Å². The smallest absolute Gasteiger partial charge is 0.261 e. The highest BCUT2D eigenvalue weighted by Gasteiger charge is 2.23. The van der Waals surface area contributed by atoms with Gasteiger partial charge in [-0.25, -0.2) is 8.42 Å². The number of rotatable bonds is 6. The maximum atomic E-state index is 12.6. The molecule has 0 radical (unpaired) electrons. The molecule has 6 heteroatoms. The van der Waals surface area contributed by atoms with Crippen molar-refractivity contribution in [1.29, 1.82) is 0 Å². The first kappa shape index (κ1) is 17.8. The molecule has 0 aromatic heterocycles. The SMILES string of the molecule is CC(C)(C)c1ccc(S(=O)(=O)Nc2cccc(OCC3CO3)c2)cc1. The lowest BCUT2D eigenvalue weighted by molar-refractivity contribution is 0.263. The van der Waals surface area contributed by atoms with E-state index in [0.29, 0.717) is 18.0 Å². The van der Waals surface area contributed by atoms with Gasteiger partial charge in [-0.2, -0.15) is 0 Å². The van der Waals surface area contributed by atoms with Gasteiger partial charge in [-0.1, -0.05) is 39.0 Å². The number of epoxide rings is 1. The number of benzene rings is 2. The van der Waals surface area contributed by atoms with Gasteiger partial charge in [-0.05, 0) is 35.2 Å². The Kier molecular flexibility index (Phi) is 4.75. The van der Waals surface area contributed by atoms with Crippen molar-refractivity contribution in [3.63, 3.8) is 0 Å². The number of ether oxygens (including phenoxy) is 2. The molecule has 25 heavy (non-hydrogen) atoms. The van der Waals surface area contributed by atoms with Crippen molar-refractivity contribution in [2.45, 2.75) is 37.2 Å². The third kappa shape index (κ3) is 4.74. The second-order valence-electron chi connectivity index (χ2n) is 7.17. The van der Waals surface area contributed by atoms with Gasteiger partial charge >= 0.3 is 0 Å². The Morgan fingerprint density at radius 3 is 2.44 bits per heavy atom. The molecule has 0 aliphatic carbocycles. The first-order valence-corrected chi connectivity index (χ1v) is 9.70. The van der Waals surface area contributed by atoms with E-state index in [4.69, 9.17) is 9.47 Å². The van der Waals surface area contributed by atoms with E-state index in [0.717, 1.165) is 12.2 Å². The molecule has 1 atom stereocenters. The van der Waals surface area contributed by atoms with Gasteiger partial charge in [0.15, 0.2) is 0 Å². The molecule has 0 amide bonds. The molecule has 1 aliphatic rings. The fraction of sp³-hybridized carbons (Fsp3) is 0.368. The van der Waals surface area contributed by atoms with Crippen LogP contribution in [0, 0.1) is 0 Å². The van der Waals surface area contributed by atoms with Crippen LogP contribution in [0.4, 0.5) is 5.69 Å². The Balaban J connectivity index is 1.73. The average molecular weight is 361 g/mol. The first-order chi connectivity index (χ1) is 11.7. The summed E-state index contributed by atoms with van der Waals surface area (Å²) in [4.78, 5) is 0.234. The van der Waals surface area contributed by atoms with Gasteiger partial charge in [-0.3, -0.25) is 4.72 Å². The summed E-state index contributed by atoms with van der Waals surface area (Å²) in [6.07, 6.45) is 0.154. The summed E-state index contributed by atoms with van der Waals surface area (Å²) in [5, 5.41) is 0. The molecule has 2 aromatic rings. The van der Waals surface area contributed by atoms with E-state index >= 15 is 0 Å². The fourth-order valence-electron chi connectivity index (χ4n) is 2.35. The highest BCUT2D eigenvalue weighted by atomic mass is 32.2. The lowest BCUT2D eigenvalue weighted by atomic mass is 9.87. The van der Waals surface area contributed by atoms with Crippen LogP contribution in [0.15, 0.2) is 53.4 Å². The molecule has 1 aliphatic heterocycles. The van der Waals surface area contributed by atoms with Crippen molar-refractivity contribution in [1.82, 2.24) is 0 Å². The van der Waals surface area contributed by atoms with Gasteiger partial charge in [0.05, 0.1) is 17.2 Å². The maximum Gasteiger partial charge on any atom is 0.261 e. The van der Waals surface area contributed by atoms with Crippen LogP contribution < -0.4 is 9.46 Å². The molecule has 1 N–H and O–H groups in total. The Morgan fingerprint density at radius 2 is 1.84 bits per heavy atom. The van der Waals surface area contributed by atoms with Crippen LogP contribution in [0.2, 0.25) is 0 Å². The average Bonchev–Trinajstić information content (AvgIpc) is 3.36. The number of hydrogen-bond donors (Lipinski definition) is 1. The molecule has 5 nitrogen and oxygen atoms in total. The van der Waals surface area contributed by atoms with Gasteiger partial charge in [0.1, 0.15) is 18.5 Å². The lowest BCUT2D eigenvalue weighted by Crippen LogP contribution is -2.15. The summed E-state index contributed by atoms with van der Waals surface area (Å²) in [6.45, 7) is 7.47. The summed E-state index contributed by atoms with van der Waals surface area (Å²) < 4.78 is 38.4. The van der Waals surface area contributed by atoms with Crippen LogP contribution in [0.3, 0.4) is 0 Å². The van der Waals surface area contributed by atoms with Crippen LogP contribution in [-0.2, 0) is 20.2 Å². The Bertz CT molecular complexity index is 834. The first-order valence-electron chi connectivity index (χ1n) is 8.22. The Morgan fingerprint density at radius 1 is 1.16 bits per heavy atom. The molecule has 134 valence electrons. The van der Waals surface area contributed by atoms with E-state index in [2.05, 4.69) is 25.5 Å². The Hall–Kier alpha value is -2.05. The number of anilines is 1. The van der Waals surface area contributed by atoms with E-state index in [1.807, 2.05) is 12.1 Å². The van der Waals surface area contributed by atoms with Gasteiger partial charge in [0.2, 0.25) is 0 Å². The van der Waals surface area contributed by atoms with Crippen LogP contribution >= 0.6 is 0 Å². The van der Waals surface area contributed by atoms with Gasteiger partial charge in [0.25, 0.3) is 10.0 Å². The highest BCUT2D eigenvalue weighted by Crippen LogP contribution is 2.25. The largest absolute Gasteiger partial charge is 0.491 e. The van der Waals surface area contributed by atoms with Gasteiger partial charge in [0, 0.05) is 6.07 Å². The lowest BCUT2D eigenvalue weighted by Gasteiger charge is -2.19. The minimum Gasteiger partial charge on any atom is -0.491 e. The molecule has 0 bridgehead atoms. The minimum absolute atomic E-state index is 0.0212. The van der Waals surface area contributed by atoms with E-state index in [1.165, 1.54) is 0 Å². The van der Waals surface area contributed by atoms with E-state index < -0.39 is 10.0 Å². The molecular formula is C19H23NO4S. The minimum atomic E-state index is -3.64. The predicted molar refractivity (Wildman–Crippen MR) is 97.6 cm³/mol. The summed E-state index contributed by atoms with van der Waals surface area (Å²) in [6, 6.07) is 13.9. The van der Waals surface area contributed by atoms with Crippen molar-refractivity contribution in [3.05, 3.63) is 54.1 Å². The predicted octanol–water partition coefficient (Wildman–Crippen LogP) is 3.56. The monoisotopic (exact) mass is 361 g/mol. The number of hydrogen-bond acceptors (Lipinski definition) is 4. The van der Waals surface area contributed by atoms with Crippen LogP contribution in [0.25, 0.3) is 0 Å². The second-order valence-corrected chi connectivity index (χ2v) is 8.86. The van der Waals surface area contributed by atoms with E-state index in [9.17, 15) is 8.42 Å². The van der Waals surface area contributed by atoms with Gasteiger partial charge in [-0.15, -0.1) is 0 Å².